The van der Waals surface area contributed by atoms with E-state index in [9.17, 15) is 44.7 Å². The Hall–Kier alpha value is -5.13. The summed E-state index contributed by atoms with van der Waals surface area (Å²) < 4.78 is 25.7. The average Bonchev–Trinajstić information content (AvgIpc) is 3.25. The minimum atomic E-state index is -1.03. The van der Waals surface area contributed by atoms with Gasteiger partial charge in [0.05, 0.1) is 77.2 Å². The van der Waals surface area contributed by atoms with Crippen LogP contribution in [0.4, 0.5) is 17.1 Å². The molecule has 0 N–H and O–H groups in total. The normalized spacial score (nSPS) is 11.4. The molecule has 0 fully saturated rings. The van der Waals surface area contributed by atoms with Crippen molar-refractivity contribution < 1.29 is 52.8 Å². The van der Waals surface area contributed by atoms with E-state index in [1.807, 2.05) is 0 Å². The summed E-state index contributed by atoms with van der Waals surface area (Å²) in [4.78, 5) is 68.7. The summed E-state index contributed by atoms with van der Waals surface area (Å²) in [5, 5.41) is 34.7. The molecule has 3 rings (SSSR count). The number of ether oxygens (including phenoxy) is 5. The molecule has 0 radical (unpaired) electrons. The van der Waals surface area contributed by atoms with Crippen LogP contribution < -0.4 is 0 Å². The topological polar surface area (TPSA) is 227 Å². The highest BCUT2D eigenvalue weighted by atomic mass is 16.6. The van der Waals surface area contributed by atoms with Crippen LogP contribution in [0.25, 0.3) is 11.1 Å². The maximum atomic E-state index is 13.0. The van der Waals surface area contributed by atoms with Gasteiger partial charge in [-0.1, -0.05) is 6.58 Å². The molecule has 0 aliphatic heterocycles. The molecule has 2 aromatic carbocycles. The number of hydrogen-bond acceptors (Lipinski definition) is 14. The number of carbonyl (C=O) groups is 3. The smallest absolute Gasteiger partial charge is 0.338 e. The highest BCUT2D eigenvalue weighted by molar-refractivity contribution is 6.25. The highest BCUT2D eigenvalue weighted by Gasteiger charge is 2.41. The third-order valence-corrected chi connectivity index (χ3v) is 5.81. The third-order valence-electron chi connectivity index (χ3n) is 5.81. The van der Waals surface area contributed by atoms with Crippen LogP contribution in [0.1, 0.15) is 33.2 Å². The number of ketones is 1. The summed E-state index contributed by atoms with van der Waals surface area (Å²) in [6.07, 6.45) is 0. The third kappa shape index (κ3) is 8.00. The van der Waals surface area contributed by atoms with Crippen molar-refractivity contribution in [3.63, 3.8) is 0 Å². The molecule has 2 aromatic rings. The lowest BCUT2D eigenvalue weighted by Crippen LogP contribution is -2.15. The Balaban J connectivity index is 1.51. The zero-order valence-electron chi connectivity index (χ0n) is 22.7. The molecule has 17 nitrogen and oxygen atoms in total. The van der Waals surface area contributed by atoms with E-state index < -0.39 is 71.8 Å². The lowest BCUT2D eigenvalue weighted by molar-refractivity contribution is -0.394. The van der Waals surface area contributed by atoms with Gasteiger partial charge in [0.15, 0.2) is 5.78 Å². The van der Waals surface area contributed by atoms with Crippen LogP contribution in [0, 0.1) is 30.3 Å². The zero-order chi connectivity index (χ0) is 31.7. The van der Waals surface area contributed by atoms with Crippen LogP contribution in [0.2, 0.25) is 0 Å². The molecule has 0 saturated carbocycles. The van der Waals surface area contributed by atoms with Gasteiger partial charge in [-0.2, -0.15) is 0 Å². The summed E-state index contributed by atoms with van der Waals surface area (Å²) in [7, 11) is 0. The first-order chi connectivity index (χ1) is 20.4. The van der Waals surface area contributed by atoms with Crippen LogP contribution in [0.5, 0.6) is 0 Å². The largest absolute Gasteiger partial charge is 0.460 e. The molecule has 0 spiro atoms. The number of non-ortho nitro benzene ring substituents is 1. The number of fused-ring (bicyclic) bond motifs is 3. The van der Waals surface area contributed by atoms with Gasteiger partial charge in [-0.25, -0.2) is 9.59 Å². The highest BCUT2D eigenvalue weighted by Crippen LogP contribution is 2.48. The molecular weight excluding hydrogens is 578 g/mol. The van der Waals surface area contributed by atoms with Crippen LogP contribution in [0.15, 0.2) is 36.4 Å². The van der Waals surface area contributed by atoms with Gasteiger partial charge in [0.25, 0.3) is 17.1 Å². The molecule has 17 heteroatoms. The minimum Gasteiger partial charge on any atom is -0.460 e. The fraction of sp³-hybridized carbons (Fsp3) is 0.346. The van der Waals surface area contributed by atoms with Crippen molar-refractivity contribution in [3.05, 3.63) is 83.5 Å². The van der Waals surface area contributed by atoms with E-state index in [0.29, 0.717) is 11.6 Å². The van der Waals surface area contributed by atoms with Gasteiger partial charge < -0.3 is 23.7 Å². The predicted octanol–water partition coefficient (Wildman–Crippen LogP) is 2.95. The molecule has 43 heavy (non-hydrogen) atoms. The van der Waals surface area contributed by atoms with Crippen LogP contribution in [-0.4, -0.2) is 85.3 Å². The van der Waals surface area contributed by atoms with E-state index in [-0.39, 0.29) is 58.4 Å². The molecule has 1 aliphatic carbocycles. The SMILES string of the molecule is C=C(C)C(=O)OCCOCCOCCOCCOC(=O)c1cc2c(c([N+](=O)[O-])c1)-c1c(cc([N+](=O)[O-])cc1[N+](=O)[O-])C2=O. The van der Waals surface area contributed by atoms with E-state index in [4.69, 9.17) is 23.7 Å². The minimum absolute atomic E-state index is 0.0487. The Labute approximate surface area is 242 Å². The van der Waals surface area contributed by atoms with Crippen LogP contribution in [0.3, 0.4) is 0 Å². The zero-order valence-corrected chi connectivity index (χ0v) is 22.7. The monoisotopic (exact) mass is 603 g/mol. The number of hydrogen-bond donors (Lipinski definition) is 0. The average molecular weight is 603 g/mol. The maximum absolute atomic E-state index is 13.0. The van der Waals surface area contributed by atoms with Gasteiger partial charge in [0.2, 0.25) is 0 Å². The maximum Gasteiger partial charge on any atom is 0.338 e. The van der Waals surface area contributed by atoms with E-state index in [0.717, 1.165) is 18.2 Å². The van der Waals surface area contributed by atoms with E-state index in [2.05, 4.69) is 6.58 Å². The number of nitrogens with zero attached hydrogens (tertiary/aromatic N) is 3. The molecule has 0 unspecified atom stereocenters. The first-order valence-electron chi connectivity index (χ1n) is 12.5. The summed E-state index contributed by atoms with van der Waals surface area (Å²) in [5.74, 6) is -2.48. The second kappa shape index (κ2) is 14.7. The predicted molar refractivity (Wildman–Crippen MR) is 144 cm³/mol. The lowest BCUT2D eigenvalue weighted by atomic mass is 9.99. The molecule has 0 amide bonds. The Morgan fingerprint density at radius 3 is 1.65 bits per heavy atom. The number of nitro benzene ring substituents is 3. The first kappa shape index (κ1) is 32.4. The van der Waals surface area contributed by atoms with Crippen molar-refractivity contribution in [3.8, 4) is 11.1 Å². The lowest BCUT2D eigenvalue weighted by Gasteiger charge is -2.09. The first-order valence-corrected chi connectivity index (χ1v) is 12.5. The fourth-order valence-electron chi connectivity index (χ4n) is 3.91. The molecule has 0 bridgehead atoms. The van der Waals surface area contributed by atoms with Crippen LogP contribution >= 0.6 is 0 Å². The Morgan fingerprint density at radius 2 is 1.16 bits per heavy atom. The van der Waals surface area contributed by atoms with Gasteiger partial charge in [0.1, 0.15) is 13.2 Å². The Kier molecular flexibility index (Phi) is 11.0. The van der Waals surface area contributed by atoms with Crippen LogP contribution in [-0.2, 0) is 28.5 Å². The Bertz CT molecular complexity index is 1490. The van der Waals surface area contributed by atoms with Crippen molar-refractivity contribution in [2.75, 3.05) is 52.9 Å². The summed E-state index contributed by atoms with van der Waals surface area (Å²) in [6.45, 7) is 5.83. The van der Waals surface area contributed by atoms with Crippen molar-refractivity contribution in [1.29, 1.82) is 0 Å². The molecule has 1 aliphatic rings. The number of esters is 2. The fourth-order valence-corrected chi connectivity index (χ4v) is 3.91. The summed E-state index contributed by atoms with van der Waals surface area (Å²) in [5.41, 5.74) is -4.17. The molecule has 0 saturated heterocycles. The quantitative estimate of drug-likeness (QED) is 0.0710. The number of benzene rings is 2. The van der Waals surface area contributed by atoms with Gasteiger partial charge in [-0.15, -0.1) is 0 Å². The summed E-state index contributed by atoms with van der Waals surface area (Å²) in [6, 6.07) is 3.21. The van der Waals surface area contributed by atoms with Gasteiger partial charge in [-0.3, -0.25) is 35.1 Å². The van der Waals surface area contributed by atoms with E-state index in [1.165, 1.54) is 6.92 Å². The van der Waals surface area contributed by atoms with Gasteiger partial charge in [-0.05, 0) is 13.0 Å². The molecular formula is C26H25N3O14. The number of carbonyl (C=O) groups excluding carboxylic acids is 3. The second-order valence-corrected chi connectivity index (χ2v) is 8.80. The second-order valence-electron chi connectivity index (χ2n) is 8.80. The van der Waals surface area contributed by atoms with Crippen molar-refractivity contribution in [1.82, 2.24) is 0 Å². The molecule has 0 atom stereocenters. The number of rotatable bonds is 17. The molecule has 228 valence electrons. The van der Waals surface area contributed by atoms with Gasteiger partial charge in [0, 0.05) is 28.8 Å². The van der Waals surface area contributed by atoms with E-state index >= 15 is 0 Å². The van der Waals surface area contributed by atoms with Gasteiger partial charge >= 0.3 is 11.9 Å². The molecule has 0 aromatic heterocycles. The summed E-state index contributed by atoms with van der Waals surface area (Å²) >= 11 is 0. The van der Waals surface area contributed by atoms with Crippen molar-refractivity contribution >= 4 is 34.8 Å². The van der Waals surface area contributed by atoms with Crippen molar-refractivity contribution in [2.24, 2.45) is 0 Å². The Morgan fingerprint density at radius 1 is 0.698 bits per heavy atom. The van der Waals surface area contributed by atoms with Crippen molar-refractivity contribution in [2.45, 2.75) is 6.92 Å². The standard InChI is InChI=1S/C26H25N3O14/c1-15(2)25(31)42-9-7-40-5-3-39-4-6-41-8-10-43-26(32)16-11-18-22(20(12-16)28(35)36)23-19(24(18)30)13-17(27(33)34)14-21(23)29(37)38/h11-14H,1,3-10H2,2H3. The van der Waals surface area contributed by atoms with E-state index in [1.54, 1.807) is 0 Å². The number of nitro groups is 3. The molecule has 0 heterocycles.